The molecule has 4 nitrogen and oxygen atoms in total. The molecule has 18 heavy (non-hydrogen) atoms. The minimum Gasteiger partial charge on any atom is -0.182 e. The molecule has 1 heterocycles. The van der Waals surface area contributed by atoms with Gasteiger partial charge in [0.05, 0.1) is 10.2 Å². The van der Waals surface area contributed by atoms with Gasteiger partial charge in [-0.2, -0.15) is 14.0 Å². The molecule has 96 valence electrons. The van der Waals surface area contributed by atoms with Crippen molar-refractivity contribution in [2.24, 2.45) is 0 Å². The molecule has 0 spiro atoms. The minimum absolute atomic E-state index is 0.952. The van der Waals surface area contributed by atoms with E-state index in [0.717, 1.165) is 9.80 Å². The molecule has 0 amide bonds. The van der Waals surface area contributed by atoms with Crippen LogP contribution >= 0.6 is 22.5 Å². The second-order valence-electron chi connectivity index (χ2n) is 3.19. The van der Waals surface area contributed by atoms with E-state index in [1.54, 1.807) is 34.7 Å². The van der Waals surface area contributed by atoms with Gasteiger partial charge in [0.2, 0.25) is 0 Å². The highest BCUT2D eigenvalue weighted by Gasteiger charge is 2.20. The van der Waals surface area contributed by atoms with E-state index in [1.807, 2.05) is 30.3 Å². The first-order valence-corrected chi connectivity index (χ1v) is 8.15. The van der Waals surface area contributed by atoms with Crippen molar-refractivity contribution >= 4 is 27.9 Å². The summed E-state index contributed by atoms with van der Waals surface area (Å²) < 4.78 is 35.5. The average Bonchev–Trinajstić information content (AvgIpc) is 2.31. The lowest BCUT2D eigenvalue weighted by Crippen LogP contribution is -2.60. The van der Waals surface area contributed by atoms with Gasteiger partial charge in [-0.05, 0) is 24.3 Å². The molecule has 1 aromatic rings. The van der Waals surface area contributed by atoms with Gasteiger partial charge in [0, 0.05) is 20.6 Å². The summed E-state index contributed by atoms with van der Waals surface area (Å²) in [4.78, 5) is 2.03. The fraction of sp³-hybridized carbons (Fsp3) is 0. The van der Waals surface area contributed by atoms with E-state index in [4.69, 9.17) is 0 Å². The molecule has 1 aromatic carbocycles. The number of halogens is 1. The number of benzene rings is 1. The summed E-state index contributed by atoms with van der Waals surface area (Å²) in [5, 5.41) is 3.10. The lowest BCUT2D eigenvalue weighted by atomic mass is 10.4. The zero-order chi connectivity index (χ0) is 13.0. The van der Waals surface area contributed by atoms with Crippen molar-refractivity contribution in [3.05, 3.63) is 52.8 Å². The number of rotatable bonds is 4. The Bertz CT molecular complexity index is 506. The summed E-state index contributed by atoms with van der Waals surface area (Å²) in [6, 6.07) is 9.77. The first-order chi connectivity index (χ1) is 8.53. The molecule has 1 atom stereocenters. The molecule has 1 aliphatic rings. The smallest absolute Gasteiger partial charge is 0.140 e. The third-order valence-electron chi connectivity index (χ3n) is 1.86. The second kappa shape index (κ2) is 6.03. The molecule has 0 N–H and O–H groups in total. The maximum Gasteiger partial charge on any atom is 0.140 e. The molecule has 1 unspecified atom stereocenters. The Morgan fingerprint density at radius 2 is 1.83 bits per heavy atom. The Morgan fingerprint density at radius 3 is 2.39 bits per heavy atom. The zero-order valence-corrected chi connectivity index (χ0v) is 11.4. The summed E-state index contributed by atoms with van der Waals surface area (Å²) >= 11 is 1.55. The quantitative estimate of drug-likeness (QED) is 0.737. The van der Waals surface area contributed by atoms with Crippen LogP contribution in [0.1, 0.15) is 0 Å². The summed E-state index contributed by atoms with van der Waals surface area (Å²) in [5.74, 6) is 0. The number of hydrogen-bond donors (Lipinski definition) is 0. The number of thioether (sulfide) groups is 1. The maximum absolute atomic E-state index is 10.4. The van der Waals surface area contributed by atoms with Gasteiger partial charge in [0.25, 0.3) is 0 Å². The van der Waals surface area contributed by atoms with E-state index >= 15 is 0 Å². The fourth-order valence-electron chi connectivity index (χ4n) is 1.19. The zero-order valence-electron chi connectivity index (χ0n) is 9.02. The predicted molar refractivity (Wildman–Crippen MR) is 64.3 cm³/mol. The summed E-state index contributed by atoms with van der Waals surface area (Å²) in [7, 11) is -5.49. The summed E-state index contributed by atoms with van der Waals surface area (Å²) in [6.45, 7) is 0. The summed E-state index contributed by atoms with van der Waals surface area (Å²) in [5.41, 5.74) is 0. The van der Waals surface area contributed by atoms with Crippen molar-refractivity contribution in [3.8, 4) is 0 Å². The minimum atomic E-state index is -4.39. The van der Waals surface area contributed by atoms with Gasteiger partial charge >= 0.3 is 0 Å². The molecule has 0 aliphatic carbocycles. The lowest BCUT2D eigenvalue weighted by molar-refractivity contribution is -1.91. The Morgan fingerprint density at radius 1 is 1.11 bits per heavy atom. The van der Waals surface area contributed by atoms with E-state index in [2.05, 4.69) is 3.74 Å². The van der Waals surface area contributed by atoms with Crippen molar-refractivity contribution < 1.29 is 28.0 Å². The van der Waals surface area contributed by atoms with E-state index in [0.29, 0.717) is 0 Å². The highest BCUT2D eigenvalue weighted by atomic mass is 35.7. The van der Waals surface area contributed by atoms with Gasteiger partial charge in [-0.1, -0.05) is 30.0 Å². The average molecular weight is 305 g/mol. The van der Waals surface area contributed by atoms with Crippen molar-refractivity contribution in [1.29, 1.82) is 0 Å². The Labute approximate surface area is 113 Å². The molecule has 0 bridgehead atoms. The SMILES string of the molecule is [O-][Cl+3]([O-])([O-])OS1=CC=C(Sc2ccccc2)C=C1. The van der Waals surface area contributed by atoms with Gasteiger partial charge in [0.15, 0.2) is 0 Å². The molecular formula is C11H9ClO4S2. The molecule has 0 aromatic heterocycles. The number of allylic oxidation sites excluding steroid dienone is 2. The van der Waals surface area contributed by atoms with Crippen LogP contribution in [0.2, 0.25) is 0 Å². The predicted octanol–water partition coefficient (Wildman–Crippen LogP) is 0.0899. The monoisotopic (exact) mass is 304 g/mol. The maximum atomic E-state index is 10.4. The van der Waals surface area contributed by atoms with Crippen LogP contribution in [-0.4, -0.2) is 5.37 Å². The molecular weight excluding hydrogens is 296 g/mol. The van der Waals surface area contributed by atoms with Crippen LogP contribution < -0.4 is 14.0 Å². The standard InChI is InChI=1S/C11H9ClO4S2/c13-12(14,15)16-18-8-6-11(7-9-18)17-10-4-2-1-3-5-10/h1-9H. The van der Waals surface area contributed by atoms with E-state index < -0.39 is 21.0 Å². The third-order valence-corrected chi connectivity index (χ3v) is 4.89. The topological polar surface area (TPSA) is 78.4 Å². The molecule has 0 fully saturated rings. The molecule has 1 aliphatic heterocycles. The van der Waals surface area contributed by atoms with E-state index in [1.165, 1.54) is 0 Å². The largest absolute Gasteiger partial charge is 0.182 e. The van der Waals surface area contributed by atoms with Crippen LogP contribution in [0.5, 0.6) is 0 Å². The van der Waals surface area contributed by atoms with Crippen molar-refractivity contribution in [2.45, 2.75) is 4.90 Å². The Balaban J connectivity index is 2.01. The molecule has 0 radical (unpaired) electrons. The van der Waals surface area contributed by atoms with Crippen molar-refractivity contribution in [1.82, 2.24) is 0 Å². The first kappa shape index (κ1) is 13.8. The van der Waals surface area contributed by atoms with Gasteiger partial charge in [-0.25, -0.2) is 0 Å². The van der Waals surface area contributed by atoms with Gasteiger partial charge in [-0.15, -0.1) is 0 Å². The fourth-order valence-corrected chi connectivity index (χ4v) is 3.90. The molecule has 7 heteroatoms. The molecule has 0 saturated carbocycles. The normalized spacial score (nSPS) is 19.3. The van der Waals surface area contributed by atoms with Crippen molar-refractivity contribution in [3.63, 3.8) is 0 Å². The van der Waals surface area contributed by atoms with Crippen LogP contribution in [0.4, 0.5) is 0 Å². The van der Waals surface area contributed by atoms with Crippen molar-refractivity contribution in [2.75, 3.05) is 0 Å². The van der Waals surface area contributed by atoms with E-state index in [9.17, 15) is 14.0 Å². The Hall–Kier alpha value is -0.600. The van der Waals surface area contributed by atoms with Crippen LogP contribution in [0.25, 0.3) is 0 Å². The van der Waals surface area contributed by atoms with E-state index in [-0.39, 0.29) is 0 Å². The highest BCUT2D eigenvalue weighted by Crippen LogP contribution is 2.32. The van der Waals surface area contributed by atoms with Crippen LogP contribution in [0.15, 0.2) is 57.7 Å². The van der Waals surface area contributed by atoms with Gasteiger partial charge in [-0.3, -0.25) is 0 Å². The highest BCUT2D eigenvalue weighted by molar-refractivity contribution is 8.13. The summed E-state index contributed by atoms with van der Waals surface area (Å²) in [6.07, 6.45) is 3.48. The third kappa shape index (κ3) is 4.58. The van der Waals surface area contributed by atoms with Gasteiger partial charge < -0.3 is 0 Å². The van der Waals surface area contributed by atoms with Gasteiger partial charge in [0.1, 0.15) is 14.5 Å². The van der Waals surface area contributed by atoms with Crippen LogP contribution in [-0.2, 0) is 3.74 Å². The Kier molecular flexibility index (Phi) is 4.63. The van der Waals surface area contributed by atoms with Crippen LogP contribution in [0, 0.1) is 10.2 Å². The molecule has 2 rings (SSSR count). The first-order valence-electron chi connectivity index (χ1n) is 4.82. The number of hydrogen-bond acceptors (Lipinski definition) is 5. The second-order valence-corrected chi connectivity index (χ2v) is 6.80. The molecule has 0 saturated heterocycles. The lowest BCUT2D eigenvalue weighted by Gasteiger charge is -2.13. The van der Waals surface area contributed by atoms with Crippen LogP contribution in [0.3, 0.4) is 0 Å².